The largest absolute Gasteiger partial charge is 0.345 e. The zero-order valence-electron chi connectivity index (χ0n) is 19.0. The molecule has 0 aliphatic carbocycles. The zero-order valence-corrected chi connectivity index (χ0v) is 19.0. The van der Waals surface area contributed by atoms with Gasteiger partial charge in [0.2, 0.25) is 17.7 Å². The fourth-order valence-corrected chi connectivity index (χ4v) is 3.64. The second kappa shape index (κ2) is 12.9. The first-order valence-corrected chi connectivity index (χ1v) is 11.4. The number of hydrogen-bond donors (Lipinski definition) is 4. The van der Waals surface area contributed by atoms with Crippen LogP contribution in [0.4, 0.5) is 0 Å². The van der Waals surface area contributed by atoms with E-state index in [0.29, 0.717) is 12.1 Å². The lowest BCUT2D eigenvalue weighted by Crippen LogP contribution is -2.56. The highest BCUT2D eigenvalue weighted by molar-refractivity contribution is 6.02. The average Bonchev–Trinajstić information content (AvgIpc) is 2.85. The SMILES string of the molecule is O=C1CNC(=O)/C(=C\CCc2ccccc2)N1.O=C1CNC(=O)C(CCCc2ccccc2)N1. The van der Waals surface area contributed by atoms with Gasteiger partial charge in [-0.2, -0.15) is 0 Å². The molecule has 2 fully saturated rings. The first kappa shape index (κ1) is 24.7. The molecule has 2 aliphatic heterocycles. The Morgan fingerprint density at radius 3 is 2.06 bits per heavy atom. The van der Waals surface area contributed by atoms with Crippen molar-refractivity contribution in [3.05, 3.63) is 83.6 Å². The van der Waals surface area contributed by atoms with Crippen molar-refractivity contribution in [1.82, 2.24) is 21.3 Å². The molecule has 0 bridgehead atoms. The van der Waals surface area contributed by atoms with Crippen LogP contribution in [-0.2, 0) is 32.0 Å². The normalized spacial score (nSPS) is 18.7. The average molecular weight is 463 g/mol. The first-order chi connectivity index (χ1) is 16.5. The van der Waals surface area contributed by atoms with E-state index >= 15 is 0 Å². The van der Waals surface area contributed by atoms with Crippen LogP contribution in [-0.4, -0.2) is 42.8 Å². The highest BCUT2D eigenvalue weighted by Gasteiger charge is 2.25. The lowest BCUT2D eigenvalue weighted by Gasteiger charge is -2.22. The van der Waals surface area contributed by atoms with E-state index in [0.717, 1.165) is 25.7 Å². The number of carbonyl (C=O) groups is 4. The number of nitrogens with one attached hydrogen (secondary N) is 4. The molecule has 2 aromatic rings. The van der Waals surface area contributed by atoms with Crippen molar-refractivity contribution >= 4 is 23.6 Å². The van der Waals surface area contributed by atoms with Crippen molar-refractivity contribution in [2.45, 2.75) is 38.1 Å². The molecule has 2 heterocycles. The number of rotatable bonds is 7. The third kappa shape index (κ3) is 8.20. The molecule has 2 aliphatic rings. The standard InChI is InChI=1S/C13H16N2O2.C13H14N2O2/c2*16-12-9-14-13(17)11(15-12)8-4-7-10-5-2-1-3-6-10/h1-3,5-6,11H,4,7-9H2,(H,14,17)(H,15,16);1-3,5-6,8H,4,7,9H2,(H,14,17)(H,15,16)/b;11-8+. The van der Waals surface area contributed by atoms with Gasteiger partial charge in [-0.25, -0.2) is 0 Å². The van der Waals surface area contributed by atoms with Gasteiger partial charge in [0.25, 0.3) is 5.91 Å². The van der Waals surface area contributed by atoms with E-state index in [1.165, 1.54) is 11.1 Å². The number of benzene rings is 2. The maximum Gasteiger partial charge on any atom is 0.267 e. The van der Waals surface area contributed by atoms with Crippen LogP contribution in [0.25, 0.3) is 0 Å². The van der Waals surface area contributed by atoms with Gasteiger partial charge < -0.3 is 21.3 Å². The van der Waals surface area contributed by atoms with E-state index in [2.05, 4.69) is 33.4 Å². The molecule has 1 atom stereocenters. The number of hydrogen-bond acceptors (Lipinski definition) is 4. The Kier molecular flexibility index (Phi) is 9.40. The van der Waals surface area contributed by atoms with Gasteiger partial charge in [0.15, 0.2) is 0 Å². The van der Waals surface area contributed by atoms with Crippen molar-refractivity contribution in [3.8, 4) is 0 Å². The van der Waals surface area contributed by atoms with Gasteiger partial charge >= 0.3 is 0 Å². The molecule has 1 unspecified atom stereocenters. The Bertz CT molecular complexity index is 1020. The Morgan fingerprint density at radius 1 is 0.765 bits per heavy atom. The molecular weight excluding hydrogens is 432 g/mol. The predicted octanol–water partition coefficient (Wildman–Crippen LogP) is 1.37. The quantitative estimate of drug-likeness (QED) is 0.465. The summed E-state index contributed by atoms with van der Waals surface area (Å²) in [6, 6.07) is 19.8. The van der Waals surface area contributed by atoms with E-state index in [9.17, 15) is 19.2 Å². The fourth-order valence-electron chi connectivity index (χ4n) is 3.64. The molecule has 4 N–H and O–H groups in total. The second-order valence-electron chi connectivity index (χ2n) is 8.09. The molecule has 0 spiro atoms. The summed E-state index contributed by atoms with van der Waals surface area (Å²) >= 11 is 0. The monoisotopic (exact) mass is 462 g/mol. The van der Waals surface area contributed by atoms with Gasteiger partial charge in [-0.3, -0.25) is 19.2 Å². The summed E-state index contributed by atoms with van der Waals surface area (Å²) < 4.78 is 0. The number of amides is 4. The zero-order chi connectivity index (χ0) is 24.2. The van der Waals surface area contributed by atoms with Crippen LogP contribution < -0.4 is 21.3 Å². The predicted molar refractivity (Wildman–Crippen MR) is 128 cm³/mol. The van der Waals surface area contributed by atoms with Crippen molar-refractivity contribution in [3.63, 3.8) is 0 Å². The van der Waals surface area contributed by atoms with Crippen molar-refractivity contribution in [1.29, 1.82) is 0 Å². The van der Waals surface area contributed by atoms with Gasteiger partial charge in [0, 0.05) is 0 Å². The van der Waals surface area contributed by atoms with Crippen LogP contribution in [0.15, 0.2) is 72.4 Å². The van der Waals surface area contributed by atoms with E-state index in [1.807, 2.05) is 48.5 Å². The second-order valence-corrected chi connectivity index (χ2v) is 8.09. The minimum absolute atomic E-state index is 0.0643. The van der Waals surface area contributed by atoms with Crippen LogP contribution in [0.5, 0.6) is 0 Å². The Labute approximate surface area is 199 Å². The van der Waals surface area contributed by atoms with Crippen molar-refractivity contribution in [2.75, 3.05) is 13.1 Å². The van der Waals surface area contributed by atoms with Gasteiger partial charge in [-0.1, -0.05) is 66.7 Å². The van der Waals surface area contributed by atoms with Gasteiger partial charge in [-0.05, 0) is 43.2 Å². The van der Waals surface area contributed by atoms with Crippen molar-refractivity contribution < 1.29 is 19.2 Å². The number of carbonyl (C=O) groups excluding carboxylic acids is 4. The Morgan fingerprint density at radius 2 is 1.38 bits per heavy atom. The minimum Gasteiger partial charge on any atom is -0.345 e. The molecule has 2 saturated heterocycles. The van der Waals surface area contributed by atoms with Crippen LogP contribution in [0.2, 0.25) is 0 Å². The van der Waals surface area contributed by atoms with E-state index in [4.69, 9.17) is 0 Å². The maximum absolute atomic E-state index is 11.5. The van der Waals surface area contributed by atoms with Crippen LogP contribution in [0, 0.1) is 0 Å². The highest BCUT2D eigenvalue weighted by atomic mass is 16.2. The number of piperazine rings is 2. The molecule has 4 rings (SSSR count). The summed E-state index contributed by atoms with van der Waals surface area (Å²) in [5.74, 6) is -0.555. The minimum atomic E-state index is -0.361. The lowest BCUT2D eigenvalue weighted by atomic mass is 10.0. The van der Waals surface area contributed by atoms with Gasteiger partial charge in [-0.15, -0.1) is 0 Å². The lowest BCUT2D eigenvalue weighted by molar-refractivity contribution is -0.133. The topological polar surface area (TPSA) is 116 Å². The van der Waals surface area contributed by atoms with E-state index in [-0.39, 0.29) is 42.8 Å². The summed E-state index contributed by atoms with van der Waals surface area (Å²) in [6.07, 6.45) is 5.86. The van der Waals surface area contributed by atoms with E-state index in [1.54, 1.807) is 6.08 Å². The van der Waals surface area contributed by atoms with Crippen molar-refractivity contribution in [2.24, 2.45) is 0 Å². The van der Waals surface area contributed by atoms with E-state index < -0.39 is 0 Å². The molecule has 2 aromatic carbocycles. The molecule has 8 nitrogen and oxygen atoms in total. The van der Waals surface area contributed by atoms with Crippen LogP contribution in [0.3, 0.4) is 0 Å². The molecule has 4 amide bonds. The third-order valence-electron chi connectivity index (χ3n) is 5.43. The third-order valence-corrected chi connectivity index (χ3v) is 5.43. The molecule has 0 saturated carbocycles. The Hall–Kier alpha value is -3.94. The van der Waals surface area contributed by atoms with Gasteiger partial charge in [0.1, 0.15) is 11.7 Å². The summed E-state index contributed by atoms with van der Waals surface area (Å²) in [4.78, 5) is 45.1. The summed E-state index contributed by atoms with van der Waals surface area (Å²) in [5.41, 5.74) is 2.83. The van der Waals surface area contributed by atoms with Crippen LogP contribution in [0.1, 0.15) is 30.4 Å². The highest BCUT2D eigenvalue weighted by Crippen LogP contribution is 2.08. The van der Waals surface area contributed by atoms with Gasteiger partial charge in [0.05, 0.1) is 13.1 Å². The summed E-state index contributed by atoms with van der Waals surface area (Å²) in [7, 11) is 0. The molecule has 34 heavy (non-hydrogen) atoms. The molecule has 0 aromatic heterocycles. The maximum atomic E-state index is 11.5. The summed E-state index contributed by atoms with van der Waals surface area (Å²) in [6.45, 7) is 0.170. The van der Waals surface area contributed by atoms with Crippen LogP contribution >= 0.6 is 0 Å². The summed E-state index contributed by atoms with van der Waals surface area (Å²) in [5, 5.41) is 10.4. The molecule has 0 radical (unpaired) electrons. The smallest absolute Gasteiger partial charge is 0.267 e. The number of aryl methyl sites for hydroxylation is 2. The molecular formula is C26H30N4O4. The molecule has 8 heteroatoms. The molecule has 178 valence electrons. The Balaban J connectivity index is 0.000000191. The number of allylic oxidation sites excluding steroid dienone is 1. The first-order valence-electron chi connectivity index (χ1n) is 11.4. The fraction of sp³-hybridized carbons (Fsp3) is 0.308.